The van der Waals surface area contributed by atoms with Gasteiger partial charge in [-0.05, 0) is 83.5 Å². The molecule has 0 heterocycles. The molecule has 39 heavy (non-hydrogen) atoms. The molecule has 0 aromatic heterocycles. The highest BCUT2D eigenvalue weighted by molar-refractivity contribution is 9.10. The minimum Gasteiger partial charge on any atom is -0.350 e. The Morgan fingerprint density at radius 2 is 1.38 bits per heavy atom. The lowest BCUT2D eigenvalue weighted by Gasteiger charge is -2.33. The molecular formula is C30H36BrN3O4S. The smallest absolute Gasteiger partial charge is 0.264 e. The number of amides is 2. The molecule has 3 aromatic carbocycles. The van der Waals surface area contributed by atoms with Crippen LogP contribution in [-0.4, -0.2) is 43.3 Å². The molecule has 0 radical (unpaired) electrons. The third kappa shape index (κ3) is 8.16. The number of carbonyl (C=O) groups is 2. The fourth-order valence-corrected chi connectivity index (χ4v) is 5.60. The highest BCUT2D eigenvalue weighted by Gasteiger charge is 2.33. The fourth-order valence-electron chi connectivity index (χ4n) is 3.92. The lowest BCUT2D eigenvalue weighted by Crippen LogP contribution is -2.54. The van der Waals surface area contributed by atoms with Crippen LogP contribution < -0.4 is 9.62 Å². The van der Waals surface area contributed by atoms with E-state index in [0.717, 1.165) is 25.5 Å². The molecule has 0 aliphatic carbocycles. The number of rotatable bonds is 9. The summed E-state index contributed by atoms with van der Waals surface area (Å²) in [6.45, 7) is 10.7. The van der Waals surface area contributed by atoms with Crippen LogP contribution in [0.4, 0.5) is 5.69 Å². The molecule has 9 heteroatoms. The first-order valence-electron chi connectivity index (χ1n) is 12.7. The van der Waals surface area contributed by atoms with Crippen LogP contribution in [0.5, 0.6) is 0 Å². The van der Waals surface area contributed by atoms with E-state index in [1.165, 1.54) is 17.0 Å². The van der Waals surface area contributed by atoms with Gasteiger partial charge in [-0.1, -0.05) is 63.5 Å². The van der Waals surface area contributed by atoms with Crippen molar-refractivity contribution < 1.29 is 18.0 Å². The summed E-state index contributed by atoms with van der Waals surface area (Å²) in [5.74, 6) is -0.818. The monoisotopic (exact) mass is 613 g/mol. The van der Waals surface area contributed by atoms with Gasteiger partial charge < -0.3 is 10.2 Å². The van der Waals surface area contributed by atoms with Crippen LogP contribution in [0.3, 0.4) is 0 Å². The lowest BCUT2D eigenvalue weighted by atomic mass is 10.1. The molecule has 2 amide bonds. The number of benzene rings is 3. The largest absolute Gasteiger partial charge is 0.350 e. The Morgan fingerprint density at radius 3 is 1.90 bits per heavy atom. The van der Waals surface area contributed by atoms with Gasteiger partial charge in [0.2, 0.25) is 11.8 Å². The second kappa shape index (κ2) is 12.3. The van der Waals surface area contributed by atoms with Crippen LogP contribution in [0.25, 0.3) is 0 Å². The van der Waals surface area contributed by atoms with E-state index in [1.807, 2.05) is 58.9 Å². The van der Waals surface area contributed by atoms with Crippen LogP contribution in [0, 0.1) is 13.8 Å². The van der Waals surface area contributed by atoms with Gasteiger partial charge in [0.1, 0.15) is 12.6 Å². The van der Waals surface area contributed by atoms with E-state index in [-0.39, 0.29) is 17.3 Å². The normalized spacial score (nSPS) is 12.5. The van der Waals surface area contributed by atoms with Crippen molar-refractivity contribution in [3.63, 3.8) is 0 Å². The number of hydrogen-bond donors (Lipinski definition) is 1. The summed E-state index contributed by atoms with van der Waals surface area (Å²) in [7, 11) is -4.09. The number of anilines is 1. The first kappa shape index (κ1) is 30.4. The first-order valence-corrected chi connectivity index (χ1v) is 14.9. The second-order valence-electron chi connectivity index (χ2n) is 10.7. The molecule has 1 N–H and O–H groups in total. The van der Waals surface area contributed by atoms with E-state index in [0.29, 0.717) is 5.69 Å². The molecule has 0 aliphatic heterocycles. The van der Waals surface area contributed by atoms with Crippen LogP contribution in [0.15, 0.2) is 82.2 Å². The Kier molecular flexibility index (Phi) is 9.61. The summed E-state index contributed by atoms with van der Waals surface area (Å²) < 4.78 is 29.7. The van der Waals surface area contributed by atoms with Crippen LogP contribution in [-0.2, 0) is 26.2 Å². The standard InChI is InChI=1S/C30H36BrN3O4S/c1-21-7-15-26(16-8-21)34(39(37,38)27-17-9-22(2)10-18-27)20-28(35)33(19-24-11-13-25(31)14-12-24)23(3)29(36)32-30(4,5)6/h7-18,23H,19-20H2,1-6H3,(H,32,36). The highest BCUT2D eigenvalue weighted by Crippen LogP contribution is 2.25. The molecule has 7 nitrogen and oxygen atoms in total. The average molecular weight is 615 g/mol. The van der Waals surface area contributed by atoms with Gasteiger partial charge in [-0.3, -0.25) is 13.9 Å². The molecule has 0 saturated heterocycles. The Hall–Kier alpha value is -3.17. The number of nitrogens with zero attached hydrogens (tertiary/aromatic N) is 2. The van der Waals surface area contributed by atoms with Crippen molar-refractivity contribution in [1.29, 1.82) is 0 Å². The molecule has 3 rings (SSSR count). The van der Waals surface area contributed by atoms with Crippen molar-refractivity contribution in [2.45, 2.75) is 64.6 Å². The zero-order valence-corrected chi connectivity index (χ0v) is 25.6. The molecular weight excluding hydrogens is 578 g/mol. The van der Waals surface area contributed by atoms with Gasteiger partial charge in [-0.25, -0.2) is 8.42 Å². The van der Waals surface area contributed by atoms with Gasteiger partial charge in [0, 0.05) is 16.6 Å². The zero-order valence-electron chi connectivity index (χ0n) is 23.2. The molecule has 0 aliphatic rings. The Bertz CT molecular complexity index is 1400. The molecule has 3 aromatic rings. The number of carbonyl (C=O) groups excluding carboxylic acids is 2. The molecule has 0 bridgehead atoms. The number of nitrogens with one attached hydrogen (secondary N) is 1. The van der Waals surface area contributed by atoms with Crippen molar-refractivity contribution in [3.8, 4) is 0 Å². The third-order valence-corrected chi connectivity index (χ3v) is 8.46. The van der Waals surface area contributed by atoms with Crippen molar-refractivity contribution in [2.24, 2.45) is 0 Å². The van der Waals surface area contributed by atoms with Crippen LogP contribution >= 0.6 is 15.9 Å². The van der Waals surface area contributed by atoms with Gasteiger partial charge in [0.05, 0.1) is 10.6 Å². The predicted molar refractivity (Wildman–Crippen MR) is 159 cm³/mol. The van der Waals surface area contributed by atoms with Gasteiger partial charge in [-0.2, -0.15) is 0 Å². The summed E-state index contributed by atoms with van der Waals surface area (Å²) in [6, 6.07) is 20.1. The van der Waals surface area contributed by atoms with Crippen molar-refractivity contribution in [1.82, 2.24) is 10.2 Å². The maximum atomic E-state index is 13.9. The zero-order chi connectivity index (χ0) is 29.0. The molecule has 0 spiro atoms. The number of aryl methyl sites for hydroxylation is 2. The molecule has 0 fully saturated rings. The predicted octanol–water partition coefficient (Wildman–Crippen LogP) is 5.59. The summed E-state index contributed by atoms with van der Waals surface area (Å²) in [4.78, 5) is 28.6. The van der Waals surface area contributed by atoms with Gasteiger partial charge >= 0.3 is 0 Å². The van der Waals surface area contributed by atoms with E-state index < -0.39 is 34.1 Å². The minimum atomic E-state index is -4.09. The minimum absolute atomic E-state index is 0.0828. The molecule has 208 valence electrons. The second-order valence-corrected chi connectivity index (χ2v) is 13.5. The summed E-state index contributed by atoms with van der Waals surface area (Å²) >= 11 is 3.42. The lowest BCUT2D eigenvalue weighted by molar-refractivity contribution is -0.140. The Morgan fingerprint density at radius 1 is 0.872 bits per heavy atom. The number of hydrogen-bond acceptors (Lipinski definition) is 4. The maximum Gasteiger partial charge on any atom is 0.264 e. The quantitative estimate of drug-likeness (QED) is 0.341. The highest BCUT2D eigenvalue weighted by atomic mass is 79.9. The van der Waals surface area contributed by atoms with E-state index >= 15 is 0 Å². The van der Waals surface area contributed by atoms with E-state index in [2.05, 4.69) is 21.2 Å². The Labute approximate surface area is 240 Å². The van der Waals surface area contributed by atoms with Gasteiger partial charge in [0.15, 0.2) is 0 Å². The van der Waals surface area contributed by atoms with E-state index in [1.54, 1.807) is 43.3 Å². The summed E-state index contributed by atoms with van der Waals surface area (Å²) in [5.41, 5.74) is 2.56. The SMILES string of the molecule is Cc1ccc(N(CC(=O)N(Cc2ccc(Br)cc2)C(C)C(=O)NC(C)(C)C)S(=O)(=O)c2ccc(C)cc2)cc1. The fraction of sp³-hybridized carbons (Fsp3) is 0.333. The molecule has 0 saturated carbocycles. The van der Waals surface area contributed by atoms with Gasteiger partial charge in [-0.15, -0.1) is 0 Å². The van der Waals surface area contributed by atoms with E-state index in [4.69, 9.17) is 0 Å². The first-order chi connectivity index (χ1) is 18.2. The maximum absolute atomic E-state index is 13.9. The number of halogens is 1. The molecule has 1 atom stereocenters. The van der Waals surface area contributed by atoms with Crippen molar-refractivity contribution in [3.05, 3.63) is 94.0 Å². The van der Waals surface area contributed by atoms with Crippen LogP contribution in [0.2, 0.25) is 0 Å². The summed E-state index contributed by atoms with van der Waals surface area (Å²) in [6.07, 6.45) is 0. The van der Waals surface area contributed by atoms with E-state index in [9.17, 15) is 18.0 Å². The molecule has 1 unspecified atom stereocenters. The number of sulfonamides is 1. The third-order valence-electron chi connectivity index (χ3n) is 6.14. The summed E-state index contributed by atoms with van der Waals surface area (Å²) in [5, 5.41) is 2.93. The average Bonchev–Trinajstić information content (AvgIpc) is 2.86. The van der Waals surface area contributed by atoms with Crippen LogP contribution in [0.1, 0.15) is 44.4 Å². The van der Waals surface area contributed by atoms with Crippen molar-refractivity contribution in [2.75, 3.05) is 10.8 Å². The van der Waals surface area contributed by atoms with Gasteiger partial charge in [0.25, 0.3) is 10.0 Å². The Balaban J connectivity index is 2.02. The van der Waals surface area contributed by atoms with Crippen molar-refractivity contribution >= 4 is 43.5 Å². The topological polar surface area (TPSA) is 86.8 Å².